The lowest BCUT2D eigenvalue weighted by atomic mass is 10.2. The molecular formula is C11H10Br2ClNS2. The average molecular weight is 416 g/mol. The van der Waals surface area contributed by atoms with Gasteiger partial charge in [-0.2, -0.15) is 0 Å². The van der Waals surface area contributed by atoms with E-state index >= 15 is 0 Å². The highest BCUT2D eigenvalue weighted by Gasteiger charge is 2.18. The molecule has 0 spiro atoms. The van der Waals surface area contributed by atoms with Gasteiger partial charge in [-0.1, -0.05) is 18.5 Å². The van der Waals surface area contributed by atoms with E-state index in [0.717, 1.165) is 19.1 Å². The standard InChI is InChI=1S/C11H10Br2ClNS2/c1-2-15-10(7-3-4-9(12)16-7)8-5-6(14)11(13)17-8/h3-5,10,15H,2H2,1H3. The van der Waals surface area contributed by atoms with Gasteiger partial charge < -0.3 is 5.32 Å². The van der Waals surface area contributed by atoms with Gasteiger partial charge in [0.2, 0.25) is 0 Å². The maximum Gasteiger partial charge on any atom is 0.0888 e. The third-order valence-electron chi connectivity index (χ3n) is 2.24. The van der Waals surface area contributed by atoms with Crippen LogP contribution in [0.1, 0.15) is 22.7 Å². The first kappa shape index (κ1) is 14.0. The Morgan fingerprint density at radius 2 is 2.06 bits per heavy atom. The predicted molar refractivity (Wildman–Crippen MR) is 84.6 cm³/mol. The fourth-order valence-electron chi connectivity index (χ4n) is 1.53. The molecular weight excluding hydrogens is 406 g/mol. The zero-order chi connectivity index (χ0) is 12.4. The SMILES string of the molecule is CCNC(c1ccc(Br)s1)c1cc(Cl)c(Br)s1. The molecule has 1 atom stereocenters. The van der Waals surface area contributed by atoms with Crippen molar-refractivity contribution in [3.8, 4) is 0 Å². The van der Waals surface area contributed by atoms with E-state index in [1.807, 2.05) is 6.07 Å². The number of hydrogen-bond donors (Lipinski definition) is 1. The van der Waals surface area contributed by atoms with Crippen molar-refractivity contribution < 1.29 is 0 Å². The Labute approximate surface area is 130 Å². The van der Waals surface area contributed by atoms with Crippen molar-refractivity contribution >= 4 is 66.1 Å². The molecule has 6 heteroatoms. The van der Waals surface area contributed by atoms with Gasteiger partial charge in [0.15, 0.2) is 0 Å². The lowest BCUT2D eigenvalue weighted by Gasteiger charge is -2.14. The van der Waals surface area contributed by atoms with Crippen LogP contribution in [-0.2, 0) is 0 Å². The highest BCUT2D eigenvalue weighted by atomic mass is 79.9. The molecule has 1 nitrogen and oxygen atoms in total. The number of rotatable bonds is 4. The van der Waals surface area contributed by atoms with E-state index in [2.05, 4.69) is 56.2 Å². The van der Waals surface area contributed by atoms with Crippen molar-refractivity contribution in [2.75, 3.05) is 6.54 Å². The summed E-state index contributed by atoms with van der Waals surface area (Å²) < 4.78 is 2.14. The van der Waals surface area contributed by atoms with E-state index in [9.17, 15) is 0 Å². The predicted octanol–water partition coefficient (Wildman–Crippen LogP) is 5.69. The van der Waals surface area contributed by atoms with E-state index < -0.39 is 0 Å². The molecule has 0 radical (unpaired) electrons. The van der Waals surface area contributed by atoms with Gasteiger partial charge in [-0.15, -0.1) is 22.7 Å². The van der Waals surface area contributed by atoms with E-state index in [4.69, 9.17) is 11.6 Å². The molecule has 2 rings (SSSR count). The number of thiophene rings is 2. The van der Waals surface area contributed by atoms with Crippen LogP contribution in [0.25, 0.3) is 0 Å². The summed E-state index contributed by atoms with van der Waals surface area (Å²) in [6.07, 6.45) is 0. The Balaban J connectivity index is 2.34. The summed E-state index contributed by atoms with van der Waals surface area (Å²) in [5, 5.41) is 4.27. The number of halogens is 3. The summed E-state index contributed by atoms with van der Waals surface area (Å²) in [6.45, 7) is 3.03. The summed E-state index contributed by atoms with van der Waals surface area (Å²) in [4.78, 5) is 2.53. The molecule has 2 heterocycles. The highest BCUT2D eigenvalue weighted by molar-refractivity contribution is 9.11. The van der Waals surface area contributed by atoms with Gasteiger partial charge in [-0.05, 0) is 56.6 Å². The van der Waals surface area contributed by atoms with Gasteiger partial charge >= 0.3 is 0 Å². The second-order valence-corrected chi connectivity index (χ2v) is 8.71. The monoisotopic (exact) mass is 413 g/mol. The third-order valence-corrected chi connectivity index (χ3v) is 6.46. The van der Waals surface area contributed by atoms with Crippen LogP contribution < -0.4 is 5.32 Å². The van der Waals surface area contributed by atoms with Crippen molar-refractivity contribution in [1.82, 2.24) is 5.32 Å². The van der Waals surface area contributed by atoms with Gasteiger partial charge in [0.1, 0.15) is 0 Å². The molecule has 2 aromatic rings. The van der Waals surface area contributed by atoms with Gasteiger partial charge in [-0.3, -0.25) is 0 Å². The van der Waals surface area contributed by atoms with Gasteiger partial charge in [0, 0.05) is 9.75 Å². The largest absolute Gasteiger partial charge is 0.305 e. The molecule has 0 amide bonds. The molecule has 1 N–H and O–H groups in total. The molecule has 0 aromatic carbocycles. The molecule has 0 aliphatic heterocycles. The molecule has 2 aromatic heterocycles. The molecule has 92 valence electrons. The molecule has 0 saturated carbocycles. The quantitative estimate of drug-likeness (QED) is 0.677. The van der Waals surface area contributed by atoms with Crippen LogP contribution in [-0.4, -0.2) is 6.54 Å². The fourth-order valence-corrected chi connectivity index (χ4v) is 4.97. The van der Waals surface area contributed by atoms with Crippen LogP contribution in [0.4, 0.5) is 0 Å². The Morgan fingerprint density at radius 3 is 2.53 bits per heavy atom. The van der Waals surface area contributed by atoms with Crippen molar-refractivity contribution in [2.24, 2.45) is 0 Å². The Hall–Kier alpha value is 0.610. The molecule has 0 aliphatic carbocycles. The second kappa shape index (κ2) is 6.17. The van der Waals surface area contributed by atoms with Crippen molar-refractivity contribution in [1.29, 1.82) is 0 Å². The van der Waals surface area contributed by atoms with Crippen LogP contribution in [0.3, 0.4) is 0 Å². The summed E-state index contributed by atoms with van der Waals surface area (Å²) in [5.41, 5.74) is 0. The van der Waals surface area contributed by atoms with Crippen molar-refractivity contribution in [2.45, 2.75) is 13.0 Å². The smallest absolute Gasteiger partial charge is 0.0888 e. The Bertz CT molecular complexity index is 490. The van der Waals surface area contributed by atoms with Gasteiger partial charge in [0.05, 0.1) is 18.6 Å². The summed E-state index contributed by atoms with van der Waals surface area (Å²) in [7, 11) is 0. The van der Waals surface area contributed by atoms with E-state index in [1.165, 1.54) is 9.75 Å². The van der Waals surface area contributed by atoms with Crippen LogP contribution in [0.5, 0.6) is 0 Å². The zero-order valence-electron chi connectivity index (χ0n) is 8.97. The molecule has 1 unspecified atom stereocenters. The molecule has 17 heavy (non-hydrogen) atoms. The first-order valence-corrected chi connectivity index (χ1v) is 8.65. The minimum Gasteiger partial charge on any atom is -0.305 e. The third kappa shape index (κ3) is 3.33. The van der Waals surface area contributed by atoms with Gasteiger partial charge in [0.25, 0.3) is 0 Å². The van der Waals surface area contributed by atoms with Crippen molar-refractivity contribution in [3.63, 3.8) is 0 Å². The highest BCUT2D eigenvalue weighted by Crippen LogP contribution is 2.39. The van der Waals surface area contributed by atoms with E-state index in [1.54, 1.807) is 22.7 Å². The maximum atomic E-state index is 6.10. The van der Waals surface area contributed by atoms with Crippen LogP contribution >= 0.6 is 66.1 Å². The first-order chi connectivity index (χ1) is 8.11. The summed E-state index contributed by atoms with van der Waals surface area (Å²) >= 11 is 16.5. The second-order valence-electron chi connectivity index (χ2n) is 3.40. The Kier molecular flexibility index (Phi) is 5.09. The zero-order valence-corrected chi connectivity index (χ0v) is 14.5. The average Bonchev–Trinajstić information content (AvgIpc) is 2.83. The molecule has 0 saturated heterocycles. The van der Waals surface area contributed by atoms with Crippen molar-refractivity contribution in [3.05, 3.63) is 40.5 Å². The fraction of sp³-hybridized carbons (Fsp3) is 0.273. The maximum absolute atomic E-state index is 6.10. The lowest BCUT2D eigenvalue weighted by molar-refractivity contribution is 0.649. The first-order valence-electron chi connectivity index (χ1n) is 5.05. The van der Waals surface area contributed by atoms with Crippen LogP contribution in [0.2, 0.25) is 5.02 Å². The lowest BCUT2D eigenvalue weighted by Crippen LogP contribution is -2.19. The van der Waals surface area contributed by atoms with Gasteiger partial charge in [-0.25, -0.2) is 0 Å². The topological polar surface area (TPSA) is 12.0 Å². The van der Waals surface area contributed by atoms with Crippen LogP contribution in [0, 0.1) is 0 Å². The van der Waals surface area contributed by atoms with E-state index in [0.29, 0.717) is 0 Å². The molecule has 0 aliphatic rings. The van der Waals surface area contributed by atoms with Crippen LogP contribution in [0.15, 0.2) is 25.8 Å². The Morgan fingerprint density at radius 1 is 1.29 bits per heavy atom. The van der Waals surface area contributed by atoms with E-state index in [-0.39, 0.29) is 6.04 Å². The number of nitrogens with one attached hydrogen (secondary N) is 1. The summed E-state index contributed by atoms with van der Waals surface area (Å²) in [5.74, 6) is 0. The number of hydrogen-bond acceptors (Lipinski definition) is 3. The molecule has 0 fully saturated rings. The molecule has 0 bridgehead atoms. The normalized spacial score (nSPS) is 12.9. The minimum atomic E-state index is 0.227. The summed E-state index contributed by atoms with van der Waals surface area (Å²) in [6, 6.07) is 6.47. The minimum absolute atomic E-state index is 0.227.